The number of nitrogens with one attached hydrogen (secondary N) is 1. The lowest BCUT2D eigenvalue weighted by Crippen LogP contribution is -2.28. The van der Waals surface area contributed by atoms with E-state index < -0.39 is 11.9 Å². The minimum atomic E-state index is -0.720. The van der Waals surface area contributed by atoms with Gasteiger partial charge in [-0.25, -0.2) is 5.43 Å². The highest BCUT2D eigenvalue weighted by Crippen LogP contribution is 2.22. The number of benzene rings is 3. The van der Waals surface area contributed by atoms with E-state index in [-0.39, 0.29) is 0 Å². The smallest absolute Gasteiger partial charge is 0.266 e. The van der Waals surface area contributed by atoms with Gasteiger partial charge in [-0.05, 0) is 48.5 Å². The number of halogens is 2. The van der Waals surface area contributed by atoms with Crippen molar-refractivity contribution in [3.05, 3.63) is 94.0 Å². The molecule has 0 saturated carbocycles. The molecule has 0 aliphatic rings. The SMILES string of the molecule is CC(C(=O)N/N=C/c1ccccc1Cl)n1nnc(-c2ccc(OCc3ccccc3Cl)cc2)n1. The third kappa shape index (κ3) is 5.78. The molecule has 3 aromatic carbocycles. The molecule has 8 nitrogen and oxygen atoms in total. The van der Waals surface area contributed by atoms with E-state index in [0.29, 0.717) is 33.8 Å². The average molecular weight is 495 g/mol. The fourth-order valence-corrected chi connectivity index (χ4v) is 3.30. The van der Waals surface area contributed by atoms with Gasteiger partial charge in [-0.3, -0.25) is 4.79 Å². The van der Waals surface area contributed by atoms with Gasteiger partial charge < -0.3 is 4.74 Å². The molecule has 0 radical (unpaired) electrons. The number of hydrazone groups is 1. The molecule has 1 atom stereocenters. The van der Waals surface area contributed by atoms with E-state index in [1.54, 1.807) is 19.1 Å². The summed E-state index contributed by atoms with van der Waals surface area (Å²) in [7, 11) is 0. The zero-order valence-electron chi connectivity index (χ0n) is 18.1. The Kier molecular flexibility index (Phi) is 7.51. The number of aromatic nitrogens is 4. The van der Waals surface area contributed by atoms with E-state index in [2.05, 4.69) is 25.9 Å². The van der Waals surface area contributed by atoms with Crippen LogP contribution < -0.4 is 10.2 Å². The predicted octanol–water partition coefficient (Wildman–Crippen LogP) is 4.94. The van der Waals surface area contributed by atoms with Crippen molar-refractivity contribution in [2.24, 2.45) is 5.10 Å². The van der Waals surface area contributed by atoms with Crippen molar-refractivity contribution in [1.82, 2.24) is 25.6 Å². The molecule has 0 aliphatic carbocycles. The summed E-state index contributed by atoms with van der Waals surface area (Å²) in [5.74, 6) is 0.674. The van der Waals surface area contributed by atoms with Gasteiger partial charge in [0.15, 0.2) is 6.04 Å². The molecule has 0 fully saturated rings. The summed E-state index contributed by atoms with van der Waals surface area (Å²) in [5, 5.41) is 17.5. The maximum atomic E-state index is 12.4. The van der Waals surface area contributed by atoms with E-state index in [4.69, 9.17) is 27.9 Å². The molecule has 0 bridgehead atoms. The summed E-state index contributed by atoms with van der Waals surface area (Å²) in [6.07, 6.45) is 1.47. The fraction of sp³-hybridized carbons (Fsp3) is 0.125. The van der Waals surface area contributed by atoms with E-state index >= 15 is 0 Å². The number of carbonyl (C=O) groups excluding carboxylic acids is 1. The summed E-state index contributed by atoms with van der Waals surface area (Å²) in [6.45, 7) is 2.01. The standard InChI is InChI=1S/C24H20Cl2N6O2/c1-16(24(33)29-27-14-18-6-2-4-8-21(18)25)32-30-23(28-31-32)17-10-12-20(13-11-17)34-15-19-7-3-5-9-22(19)26/h2-14,16H,15H2,1H3,(H,29,33)/b27-14+. The zero-order valence-corrected chi connectivity index (χ0v) is 19.6. The van der Waals surface area contributed by atoms with E-state index in [1.165, 1.54) is 11.0 Å². The molecule has 4 aromatic rings. The summed E-state index contributed by atoms with van der Waals surface area (Å²) < 4.78 is 5.79. The number of hydrogen-bond acceptors (Lipinski definition) is 6. The van der Waals surface area contributed by atoms with Crippen molar-refractivity contribution < 1.29 is 9.53 Å². The van der Waals surface area contributed by atoms with E-state index in [1.807, 2.05) is 60.7 Å². The molecule has 1 unspecified atom stereocenters. The third-order valence-electron chi connectivity index (χ3n) is 4.90. The highest BCUT2D eigenvalue weighted by Gasteiger charge is 2.18. The minimum absolute atomic E-state index is 0.360. The Morgan fingerprint density at radius 3 is 2.50 bits per heavy atom. The van der Waals surface area contributed by atoms with Gasteiger partial charge in [-0.1, -0.05) is 59.6 Å². The predicted molar refractivity (Wildman–Crippen MR) is 131 cm³/mol. The summed E-state index contributed by atoms with van der Waals surface area (Å²) in [5.41, 5.74) is 4.79. The molecule has 0 aliphatic heterocycles. The molecule has 1 heterocycles. The Hall–Kier alpha value is -3.75. The molecule has 10 heteroatoms. The maximum Gasteiger partial charge on any atom is 0.266 e. The van der Waals surface area contributed by atoms with Gasteiger partial charge in [0.2, 0.25) is 5.82 Å². The molecule has 0 saturated heterocycles. The number of rotatable bonds is 8. The van der Waals surface area contributed by atoms with Crippen molar-refractivity contribution >= 4 is 35.3 Å². The van der Waals surface area contributed by atoms with E-state index in [9.17, 15) is 4.79 Å². The summed E-state index contributed by atoms with van der Waals surface area (Å²) in [6, 6.07) is 21.3. The summed E-state index contributed by atoms with van der Waals surface area (Å²) >= 11 is 12.2. The molecule has 34 heavy (non-hydrogen) atoms. The van der Waals surface area contributed by atoms with Crippen LogP contribution in [0.25, 0.3) is 11.4 Å². The lowest BCUT2D eigenvalue weighted by atomic mass is 10.2. The first-order valence-electron chi connectivity index (χ1n) is 10.3. The van der Waals surface area contributed by atoms with Crippen LogP contribution in [-0.2, 0) is 11.4 Å². The van der Waals surface area contributed by atoms with Crippen molar-refractivity contribution in [1.29, 1.82) is 0 Å². The van der Waals surface area contributed by atoms with Gasteiger partial charge in [-0.15, -0.1) is 10.2 Å². The van der Waals surface area contributed by atoms with Crippen LogP contribution in [0.4, 0.5) is 0 Å². The van der Waals surface area contributed by atoms with Crippen LogP contribution >= 0.6 is 23.2 Å². The average Bonchev–Trinajstić information content (AvgIpc) is 3.35. The second kappa shape index (κ2) is 10.9. The Balaban J connectivity index is 1.35. The fourth-order valence-electron chi connectivity index (χ4n) is 2.93. The molecular formula is C24H20Cl2N6O2. The van der Waals surface area contributed by atoms with Gasteiger partial charge >= 0.3 is 0 Å². The zero-order chi connectivity index (χ0) is 23.9. The minimum Gasteiger partial charge on any atom is -0.489 e. The number of ether oxygens (including phenoxy) is 1. The van der Waals surface area contributed by atoms with Gasteiger partial charge in [0, 0.05) is 26.7 Å². The van der Waals surface area contributed by atoms with Crippen molar-refractivity contribution in [3.8, 4) is 17.1 Å². The Bertz CT molecular complexity index is 1310. The van der Waals surface area contributed by atoms with Crippen LogP contribution in [0, 0.1) is 0 Å². The first kappa shape index (κ1) is 23.4. The van der Waals surface area contributed by atoms with Crippen molar-refractivity contribution in [2.75, 3.05) is 0 Å². The third-order valence-corrected chi connectivity index (χ3v) is 5.62. The number of nitrogens with zero attached hydrogens (tertiary/aromatic N) is 5. The largest absolute Gasteiger partial charge is 0.489 e. The lowest BCUT2D eigenvalue weighted by molar-refractivity contribution is -0.124. The number of hydrogen-bond donors (Lipinski definition) is 1. The Morgan fingerprint density at radius 1 is 1.06 bits per heavy atom. The molecule has 4 rings (SSSR count). The Labute approximate surface area is 206 Å². The van der Waals surface area contributed by atoms with Gasteiger partial charge in [0.05, 0.1) is 6.21 Å². The normalized spacial score (nSPS) is 12.0. The van der Waals surface area contributed by atoms with Crippen LogP contribution in [0.5, 0.6) is 5.75 Å². The number of tetrazole rings is 1. The van der Waals surface area contributed by atoms with Crippen LogP contribution in [0.2, 0.25) is 10.0 Å². The van der Waals surface area contributed by atoms with Gasteiger partial charge in [-0.2, -0.15) is 9.90 Å². The second-order valence-electron chi connectivity index (χ2n) is 7.27. The molecular weight excluding hydrogens is 475 g/mol. The van der Waals surface area contributed by atoms with Gasteiger partial charge in [0.25, 0.3) is 5.91 Å². The quantitative estimate of drug-likeness (QED) is 0.276. The highest BCUT2D eigenvalue weighted by atomic mass is 35.5. The van der Waals surface area contributed by atoms with E-state index in [0.717, 1.165) is 11.1 Å². The molecule has 172 valence electrons. The molecule has 1 aromatic heterocycles. The maximum absolute atomic E-state index is 12.4. The highest BCUT2D eigenvalue weighted by molar-refractivity contribution is 6.33. The molecule has 1 amide bonds. The monoisotopic (exact) mass is 494 g/mol. The lowest BCUT2D eigenvalue weighted by Gasteiger charge is -2.08. The van der Waals surface area contributed by atoms with Crippen LogP contribution in [0.1, 0.15) is 24.1 Å². The van der Waals surface area contributed by atoms with Crippen LogP contribution in [-0.4, -0.2) is 32.3 Å². The van der Waals surface area contributed by atoms with Crippen molar-refractivity contribution in [2.45, 2.75) is 19.6 Å². The Morgan fingerprint density at radius 2 is 1.76 bits per heavy atom. The number of carbonyl (C=O) groups is 1. The van der Waals surface area contributed by atoms with Crippen molar-refractivity contribution in [3.63, 3.8) is 0 Å². The van der Waals surface area contributed by atoms with Crippen LogP contribution in [0.15, 0.2) is 77.9 Å². The number of amides is 1. The summed E-state index contributed by atoms with van der Waals surface area (Å²) in [4.78, 5) is 13.6. The second-order valence-corrected chi connectivity index (χ2v) is 8.08. The van der Waals surface area contributed by atoms with Crippen LogP contribution in [0.3, 0.4) is 0 Å². The molecule has 1 N–H and O–H groups in total. The molecule has 0 spiro atoms. The van der Waals surface area contributed by atoms with Gasteiger partial charge in [0.1, 0.15) is 12.4 Å². The first-order chi connectivity index (χ1) is 16.5. The topological polar surface area (TPSA) is 94.3 Å². The first-order valence-corrected chi connectivity index (χ1v) is 11.1.